The lowest BCUT2D eigenvalue weighted by atomic mass is 10.2. The van der Waals surface area contributed by atoms with Crippen molar-refractivity contribution in [2.24, 2.45) is 0 Å². The van der Waals surface area contributed by atoms with E-state index in [1.807, 2.05) is 0 Å². The molecule has 0 bridgehead atoms. The van der Waals surface area contributed by atoms with E-state index in [1.54, 1.807) is 66.7 Å². The number of nitrogens with zero attached hydrogens (tertiary/aromatic N) is 1. The lowest BCUT2D eigenvalue weighted by molar-refractivity contribution is -0.127. The molecule has 3 aromatic rings. The van der Waals surface area contributed by atoms with Crippen molar-refractivity contribution in [2.45, 2.75) is 11.0 Å². The molecule has 1 heterocycles. The minimum absolute atomic E-state index is 0.141. The number of sulfonamides is 1. The highest BCUT2D eigenvalue weighted by Gasteiger charge is 2.37. The van der Waals surface area contributed by atoms with Gasteiger partial charge in [-0.15, -0.1) is 0 Å². The van der Waals surface area contributed by atoms with Gasteiger partial charge in [0.25, 0.3) is 15.9 Å². The van der Waals surface area contributed by atoms with Gasteiger partial charge in [0.05, 0.1) is 23.7 Å². The van der Waals surface area contributed by atoms with Crippen molar-refractivity contribution in [3.63, 3.8) is 0 Å². The molecule has 1 aliphatic heterocycles. The maximum absolute atomic E-state index is 13.3. The van der Waals surface area contributed by atoms with E-state index < -0.39 is 22.0 Å². The number of ether oxygens (including phenoxy) is 2. The van der Waals surface area contributed by atoms with Crippen molar-refractivity contribution < 1.29 is 22.7 Å². The molecule has 0 saturated carbocycles. The second-order valence-corrected chi connectivity index (χ2v) is 9.32. The van der Waals surface area contributed by atoms with E-state index in [1.165, 1.54) is 16.4 Å². The Bertz CT molecular complexity index is 1190. The molecule has 0 aromatic heterocycles. The topological polar surface area (TPSA) is 84.9 Å². The second kappa shape index (κ2) is 9.50. The number of hydrogen-bond donors (Lipinski definition) is 1. The fraction of sp³-hybridized carbons (Fsp3) is 0.174. The molecule has 166 valence electrons. The van der Waals surface area contributed by atoms with Crippen LogP contribution in [0.15, 0.2) is 83.8 Å². The van der Waals surface area contributed by atoms with Crippen molar-refractivity contribution in [2.75, 3.05) is 24.0 Å². The summed E-state index contributed by atoms with van der Waals surface area (Å²) in [5.74, 6) is 0.537. The minimum atomic E-state index is -3.87. The number of nitrogens with one attached hydrogen (secondary N) is 1. The number of anilines is 1. The van der Waals surface area contributed by atoms with E-state index in [4.69, 9.17) is 21.1 Å². The maximum Gasteiger partial charge on any atom is 0.264 e. The molecule has 0 aliphatic carbocycles. The highest BCUT2D eigenvalue weighted by molar-refractivity contribution is 7.92. The van der Waals surface area contributed by atoms with Gasteiger partial charge in [0.15, 0.2) is 6.10 Å². The third kappa shape index (κ3) is 4.81. The van der Waals surface area contributed by atoms with E-state index in [-0.39, 0.29) is 24.6 Å². The first-order valence-corrected chi connectivity index (χ1v) is 11.8. The number of halogens is 1. The minimum Gasteiger partial charge on any atom is -0.492 e. The molecule has 0 spiro atoms. The zero-order valence-electron chi connectivity index (χ0n) is 17.0. The highest BCUT2D eigenvalue weighted by atomic mass is 35.5. The molecule has 4 rings (SSSR count). The number of fused-ring (bicyclic) bond motifs is 1. The Kier molecular flexibility index (Phi) is 6.53. The van der Waals surface area contributed by atoms with Crippen molar-refractivity contribution in [3.05, 3.63) is 83.9 Å². The SMILES string of the molecule is O=C(NCCOc1ccc(Cl)cc1)[C@H]1CN(S(=O)(=O)c2ccccc2)c2ccccc2O1. The number of rotatable bonds is 7. The lowest BCUT2D eigenvalue weighted by Crippen LogP contribution is -2.51. The Balaban J connectivity index is 1.45. The molecule has 3 aromatic carbocycles. The Morgan fingerprint density at radius 1 is 1.03 bits per heavy atom. The van der Waals surface area contributed by atoms with Gasteiger partial charge in [-0.3, -0.25) is 9.10 Å². The predicted octanol–water partition coefficient (Wildman–Crippen LogP) is 3.49. The van der Waals surface area contributed by atoms with Crippen LogP contribution in [-0.4, -0.2) is 40.1 Å². The lowest BCUT2D eigenvalue weighted by Gasteiger charge is -2.34. The summed E-state index contributed by atoms with van der Waals surface area (Å²) in [6.07, 6.45) is -1.00. The summed E-state index contributed by atoms with van der Waals surface area (Å²) in [5, 5.41) is 3.35. The number of hydrogen-bond acceptors (Lipinski definition) is 5. The Labute approximate surface area is 191 Å². The quantitative estimate of drug-likeness (QED) is 0.532. The van der Waals surface area contributed by atoms with Crippen LogP contribution < -0.4 is 19.1 Å². The van der Waals surface area contributed by atoms with Crippen LogP contribution in [-0.2, 0) is 14.8 Å². The van der Waals surface area contributed by atoms with E-state index >= 15 is 0 Å². The molecular formula is C23H21ClN2O5S. The van der Waals surface area contributed by atoms with Crippen LogP contribution >= 0.6 is 11.6 Å². The summed E-state index contributed by atoms with van der Waals surface area (Å²) < 4.78 is 39.1. The number of amides is 1. The van der Waals surface area contributed by atoms with Crippen molar-refractivity contribution in [3.8, 4) is 11.5 Å². The number of benzene rings is 3. The number of para-hydroxylation sites is 2. The van der Waals surface area contributed by atoms with Gasteiger partial charge in [-0.25, -0.2) is 8.42 Å². The predicted molar refractivity (Wildman–Crippen MR) is 122 cm³/mol. The first kappa shape index (κ1) is 22.0. The van der Waals surface area contributed by atoms with Gasteiger partial charge in [-0.2, -0.15) is 0 Å². The molecular weight excluding hydrogens is 452 g/mol. The summed E-state index contributed by atoms with van der Waals surface area (Å²) >= 11 is 5.85. The summed E-state index contributed by atoms with van der Waals surface area (Å²) in [7, 11) is -3.87. The van der Waals surface area contributed by atoms with Crippen LogP contribution in [0.4, 0.5) is 5.69 Å². The molecule has 0 unspecified atom stereocenters. The van der Waals surface area contributed by atoms with Crippen molar-refractivity contribution in [1.29, 1.82) is 0 Å². The molecule has 1 aliphatic rings. The Morgan fingerprint density at radius 2 is 1.72 bits per heavy atom. The zero-order valence-corrected chi connectivity index (χ0v) is 18.6. The van der Waals surface area contributed by atoms with Gasteiger partial charge in [-0.05, 0) is 48.5 Å². The standard InChI is InChI=1S/C23H21ClN2O5S/c24-17-10-12-18(13-11-17)30-15-14-25-23(27)22-16-26(20-8-4-5-9-21(20)31-22)32(28,29)19-6-2-1-3-7-19/h1-13,22H,14-16H2,(H,25,27)/t22-/m1/s1. The van der Waals surface area contributed by atoms with E-state index in [0.29, 0.717) is 22.2 Å². The molecule has 0 saturated heterocycles. The third-order valence-electron chi connectivity index (χ3n) is 4.84. The average molecular weight is 473 g/mol. The maximum atomic E-state index is 13.3. The van der Waals surface area contributed by atoms with Crippen LogP contribution in [0.2, 0.25) is 5.02 Å². The van der Waals surface area contributed by atoms with Gasteiger partial charge in [0, 0.05) is 5.02 Å². The first-order valence-electron chi connectivity index (χ1n) is 9.95. The van der Waals surface area contributed by atoms with Gasteiger partial charge >= 0.3 is 0 Å². The number of carbonyl (C=O) groups is 1. The van der Waals surface area contributed by atoms with Crippen LogP contribution in [0.1, 0.15) is 0 Å². The van der Waals surface area contributed by atoms with Crippen LogP contribution in [0.5, 0.6) is 11.5 Å². The third-order valence-corrected chi connectivity index (χ3v) is 6.89. The normalized spacial score (nSPS) is 15.4. The van der Waals surface area contributed by atoms with Crippen molar-refractivity contribution >= 4 is 33.2 Å². The summed E-state index contributed by atoms with van der Waals surface area (Å²) in [4.78, 5) is 12.9. The van der Waals surface area contributed by atoms with E-state index in [2.05, 4.69) is 5.32 Å². The van der Waals surface area contributed by atoms with Gasteiger partial charge in [0.1, 0.15) is 18.1 Å². The molecule has 1 atom stereocenters. The molecule has 32 heavy (non-hydrogen) atoms. The van der Waals surface area contributed by atoms with Gasteiger partial charge < -0.3 is 14.8 Å². The molecule has 9 heteroatoms. The van der Waals surface area contributed by atoms with E-state index in [0.717, 1.165) is 0 Å². The molecule has 7 nitrogen and oxygen atoms in total. The Hall–Kier alpha value is -3.23. The summed E-state index contributed by atoms with van der Waals surface area (Å²) in [5.41, 5.74) is 0.395. The zero-order chi connectivity index (χ0) is 22.6. The average Bonchev–Trinajstić information content (AvgIpc) is 2.82. The Morgan fingerprint density at radius 3 is 2.47 bits per heavy atom. The summed E-state index contributed by atoms with van der Waals surface area (Å²) in [6.45, 7) is 0.329. The summed E-state index contributed by atoms with van der Waals surface area (Å²) in [6, 6.07) is 21.8. The van der Waals surface area contributed by atoms with Crippen LogP contribution in [0.3, 0.4) is 0 Å². The fourth-order valence-corrected chi connectivity index (χ4v) is 4.90. The molecule has 0 fully saturated rings. The molecule has 0 radical (unpaired) electrons. The second-order valence-electron chi connectivity index (χ2n) is 7.02. The van der Waals surface area contributed by atoms with Crippen LogP contribution in [0, 0.1) is 0 Å². The van der Waals surface area contributed by atoms with E-state index in [9.17, 15) is 13.2 Å². The van der Waals surface area contributed by atoms with Crippen LogP contribution in [0.25, 0.3) is 0 Å². The highest BCUT2D eigenvalue weighted by Crippen LogP contribution is 2.36. The molecule has 1 amide bonds. The fourth-order valence-electron chi connectivity index (χ4n) is 3.27. The smallest absolute Gasteiger partial charge is 0.264 e. The molecule has 1 N–H and O–H groups in total. The first-order chi connectivity index (χ1) is 15.4. The van der Waals surface area contributed by atoms with Crippen molar-refractivity contribution in [1.82, 2.24) is 5.32 Å². The van der Waals surface area contributed by atoms with Gasteiger partial charge in [-0.1, -0.05) is 41.9 Å². The number of carbonyl (C=O) groups excluding carboxylic acids is 1. The van der Waals surface area contributed by atoms with Gasteiger partial charge in [0.2, 0.25) is 0 Å². The monoisotopic (exact) mass is 472 g/mol. The largest absolute Gasteiger partial charge is 0.492 e.